The second-order valence-corrected chi connectivity index (χ2v) is 9.37. The molecule has 11 heteroatoms. The van der Waals surface area contributed by atoms with Crippen molar-refractivity contribution >= 4 is 11.3 Å². The van der Waals surface area contributed by atoms with Crippen LogP contribution in [0.25, 0.3) is 16.6 Å². The van der Waals surface area contributed by atoms with Gasteiger partial charge in [0, 0.05) is 23.4 Å². The molecular formula is C26H25FN6O4. The van der Waals surface area contributed by atoms with Crippen molar-refractivity contribution in [2.45, 2.75) is 25.6 Å². The van der Waals surface area contributed by atoms with Gasteiger partial charge in [0.2, 0.25) is 5.88 Å². The zero-order valence-electron chi connectivity index (χ0n) is 20.6. The van der Waals surface area contributed by atoms with Crippen molar-refractivity contribution in [1.29, 1.82) is 5.26 Å². The fourth-order valence-electron chi connectivity index (χ4n) is 3.98. The molecule has 190 valence electrons. The second-order valence-electron chi connectivity index (χ2n) is 9.37. The molecule has 0 saturated carbocycles. The highest BCUT2D eigenvalue weighted by molar-refractivity contribution is 5.85. The van der Waals surface area contributed by atoms with Gasteiger partial charge in [-0.15, -0.1) is 0 Å². The van der Waals surface area contributed by atoms with Crippen molar-refractivity contribution in [2.24, 2.45) is 0 Å². The normalized spacial score (nSPS) is 13.8. The number of hydrogen-bond donors (Lipinski definition) is 1. The lowest BCUT2D eigenvalue weighted by Gasteiger charge is -2.39. The summed E-state index contributed by atoms with van der Waals surface area (Å²) in [6.45, 7) is 4.60. The first-order valence-electron chi connectivity index (χ1n) is 11.6. The third-order valence-corrected chi connectivity index (χ3v) is 5.81. The van der Waals surface area contributed by atoms with Crippen LogP contribution in [0.15, 0.2) is 49.1 Å². The predicted octanol–water partition coefficient (Wildman–Crippen LogP) is 3.23. The Kier molecular flexibility index (Phi) is 6.27. The van der Waals surface area contributed by atoms with E-state index in [2.05, 4.69) is 21.1 Å². The van der Waals surface area contributed by atoms with Crippen LogP contribution < -0.4 is 19.1 Å². The Morgan fingerprint density at radius 2 is 1.97 bits per heavy atom. The molecule has 1 aliphatic heterocycles. The standard InChI is InChI=1S/C26H25FN6O4/c1-26(2,34)15-36-19-6-21(24-17(8-28)10-31-33(24)14-19)16-4-5-23(29-9-16)32-12-20(13-32)37-18-7-22(27)25(35-3)30-11-18/h4-7,9-11,14,20,34H,12-13,15H2,1-3H3. The molecule has 1 aliphatic rings. The number of anilines is 1. The van der Waals surface area contributed by atoms with E-state index < -0.39 is 11.4 Å². The lowest BCUT2D eigenvalue weighted by Crippen LogP contribution is -2.54. The summed E-state index contributed by atoms with van der Waals surface area (Å²) in [5.74, 6) is 0.970. The summed E-state index contributed by atoms with van der Waals surface area (Å²) in [4.78, 5) is 10.5. The SMILES string of the molecule is COc1ncc(OC2CN(c3ccc(-c4cc(OCC(C)(C)O)cn5ncc(C#N)c45)cn3)C2)cc1F. The Balaban J connectivity index is 1.32. The highest BCUT2D eigenvalue weighted by atomic mass is 19.1. The van der Waals surface area contributed by atoms with Crippen molar-refractivity contribution < 1.29 is 23.7 Å². The van der Waals surface area contributed by atoms with Crippen molar-refractivity contribution in [3.05, 3.63) is 60.4 Å². The summed E-state index contributed by atoms with van der Waals surface area (Å²) in [7, 11) is 1.36. The van der Waals surface area contributed by atoms with Gasteiger partial charge in [-0.3, -0.25) is 0 Å². The molecule has 1 N–H and O–H groups in total. The lowest BCUT2D eigenvalue weighted by molar-refractivity contribution is 0.0283. The van der Waals surface area contributed by atoms with Crippen LogP contribution in [-0.2, 0) is 0 Å². The molecule has 0 unspecified atom stereocenters. The van der Waals surface area contributed by atoms with Gasteiger partial charge in [-0.25, -0.2) is 18.9 Å². The highest BCUT2D eigenvalue weighted by Crippen LogP contribution is 2.32. The molecule has 5 heterocycles. The third kappa shape index (κ3) is 5.10. The minimum atomic E-state index is -1.00. The Labute approximate surface area is 212 Å². The first-order chi connectivity index (χ1) is 17.7. The fraction of sp³-hybridized carbons (Fsp3) is 0.308. The van der Waals surface area contributed by atoms with E-state index in [1.807, 2.05) is 23.1 Å². The second kappa shape index (κ2) is 9.55. The van der Waals surface area contributed by atoms with E-state index in [1.165, 1.54) is 25.6 Å². The summed E-state index contributed by atoms with van der Waals surface area (Å²) < 4.78 is 31.9. The molecule has 1 fully saturated rings. The van der Waals surface area contributed by atoms with Crippen LogP contribution in [0.4, 0.5) is 10.2 Å². The third-order valence-electron chi connectivity index (χ3n) is 5.81. The Hall–Kier alpha value is -4.43. The largest absolute Gasteiger partial charge is 0.489 e. The highest BCUT2D eigenvalue weighted by Gasteiger charge is 2.30. The van der Waals surface area contributed by atoms with E-state index in [1.54, 1.807) is 30.8 Å². The molecule has 0 aliphatic carbocycles. The molecule has 0 atom stereocenters. The van der Waals surface area contributed by atoms with Gasteiger partial charge in [-0.1, -0.05) is 0 Å². The number of aromatic nitrogens is 4. The average molecular weight is 505 g/mol. The van der Waals surface area contributed by atoms with E-state index in [0.29, 0.717) is 35.7 Å². The van der Waals surface area contributed by atoms with Gasteiger partial charge in [-0.05, 0) is 32.0 Å². The number of methoxy groups -OCH3 is 1. The minimum absolute atomic E-state index is 0.0729. The smallest absolute Gasteiger partial charge is 0.250 e. The Bertz CT molecular complexity index is 1470. The van der Waals surface area contributed by atoms with Crippen molar-refractivity contribution in [1.82, 2.24) is 19.6 Å². The monoisotopic (exact) mass is 504 g/mol. The molecule has 1 saturated heterocycles. The number of aliphatic hydroxyl groups is 1. The summed E-state index contributed by atoms with van der Waals surface area (Å²) in [6, 6.07) is 9.06. The van der Waals surface area contributed by atoms with E-state index in [9.17, 15) is 14.8 Å². The number of fused-ring (bicyclic) bond motifs is 1. The van der Waals surface area contributed by atoms with Gasteiger partial charge in [0.25, 0.3) is 0 Å². The summed E-state index contributed by atoms with van der Waals surface area (Å²) in [6.07, 6.45) is 6.23. The molecule has 5 rings (SSSR count). The van der Waals surface area contributed by atoms with Crippen molar-refractivity contribution in [2.75, 3.05) is 31.7 Å². The van der Waals surface area contributed by atoms with Crippen LogP contribution in [0, 0.1) is 17.1 Å². The maximum atomic E-state index is 13.9. The van der Waals surface area contributed by atoms with E-state index in [4.69, 9.17) is 14.2 Å². The Morgan fingerprint density at radius 1 is 1.16 bits per heavy atom. The number of nitriles is 1. The fourth-order valence-corrected chi connectivity index (χ4v) is 3.98. The maximum Gasteiger partial charge on any atom is 0.250 e. The van der Waals surface area contributed by atoms with Crippen LogP contribution in [-0.4, -0.2) is 63.2 Å². The molecule has 37 heavy (non-hydrogen) atoms. The quantitative estimate of drug-likeness (QED) is 0.386. The number of halogens is 1. The van der Waals surface area contributed by atoms with Gasteiger partial charge >= 0.3 is 0 Å². The molecule has 10 nitrogen and oxygen atoms in total. The summed E-state index contributed by atoms with van der Waals surface area (Å²) in [5.41, 5.74) is 1.59. The summed E-state index contributed by atoms with van der Waals surface area (Å²) in [5, 5.41) is 23.9. The van der Waals surface area contributed by atoms with Crippen LogP contribution in [0.3, 0.4) is 0 Å². The average Bonchev–Trinajstić information content (AvgIpc) is 3.27. The van der Waals surface area contributed by atoms with Gasteiger partial charge in [0.1, 0.15) is 36.1 Å². The summed E-state index contributed by atoms with van der Waals surface area (Å²) >= 11 is 0. The zero-order chi connectivity index (χ0) is 26.2. The number of pyridine rings is 3. The lowest BCUT2D eigenvalue weighted by atomic mass is 10.0. The first kappa shape index (κ1) is 24.3. The minimum Gasteiger partial charge on any atom is -0.489 e. The van der Waals surface area contributed by atoms with Gasteiger partial charge < -0.3 is 24.2 Å². The van der Waals surface area contributed by atoms with Crippen LogP contribution in [0.2, 0.25) is 0 Å². The van der Waals surface area contributed by atoms with E-state index >= 15 is 0 Å². The number of hydrogen-bond acceptors (Lipinski definition) is 9. The van der Waals surface area contributed by atoms with E-state index in [-0.39, 0.29) is 18.6 Å². The van der Waals surface area contributed by atoms with Crippen molar-refractivity contribution in [3.8, 4) is 34.6 Å². The molecule has 4 aromatic rings. The Morgan fingerprint density at radius 3 is 2.62 bits per heavy atom. The number of rotatable bonds is 8. The topological polar surface area (TPSA) is 118 Å². The molecule has 0 aromatic carbocycles. The van der Waals surface area contributed by atoms with Crippen LogP contribution in [0.5, 0.6) is 17.4 Å². The van der Waals surface area contributed by atoms with Gasteiger partial charge in [0.15, 0.2) is 5.82 Å². The van der Waals surface area contributed by atoms with Gasteiger partial charge in [0.05, 0.1) is 55.5 Å². The number of ether oxygens (including phenoxy) is 3. The number of nitrogens with zero attached hydrogens (tertiary/aromatic N) is 6. The zero-order valence-corrected chi connectivity index (χ0v) is 20.6. The van der Waals surface area contributed by atoms with Crippen LogP contribution in [0.1, 0.15) is 19.4 Å². The molecular weight excluding hydrogens is 479 g/mol. The maximum absolute atomic E-state index is 13.9. The van der Waals surface area contributed by atoms with Crippen molar-refractivity contribution in [3.63, 3.8) is 0 Å². The van der Waals surface area contributed by atoms with E-state index in [0.717, 1.165) is 16.9 Å². The first-order valence-corrected chi connectivity index (χ1v) is 11.6. The van der Waals surface area contributed by atoms with Crippen LogP contribution >= 0.6 is 0 Å². The molecule has 0 bridgehead atoms. The molecule has 0 amide bonds. The predicted molar refractivity (Wildman–Crippen MR) is 132 cm³/mol. The molecule has 4 aromatic heterocycles. The molecule has 0 spiro atoms. The molecule has 0 radical (unpaired) electrons. The van der Waals surface area contributed by atoms with Gasteiger partial charge in [-0.2, -0.15) is 10.4 Å².